The van der Waals surface area contributed by atoms with Crippen LogP contribution < -0.4 is 5.11 Å². The Bertz CT molecular complexity index is 420. The molecule has 7 nitrogen and oxygen atoms in total. The molecule has 0 saturated heterocycles. The maximum atomic E-state index is 11.0. The van der Waals surface area contributed by atoms with E-state index in [0.29, 0.717) is 6.42 Å². The molecule has 0 fully saturated rings. The maximum Gasteiger partial charge on any atom is 0.359 e. The molecular weight excluding hydrogens is 338 g/mol. The van der Waals surface area contributed by atoms with E-state index in [0.717, 1.165) is 12.8 Å². The molecular formula is C19H33NO6. The lowest BCUT2D eigenvalue weighted by Gasteiger charge is -2.35. The van der Waals surface area contributed by atoms with Gasteiger partial charge in [-0.1, -0.05) is 57.6 Å². The first-order valence-corrected chi connectivity index (χ1v) is 9.45. The molecule has 0 spiro atoms. The molecule has 0 aromatic carbocycles. The van der Waals surface area contributed by atoms with Crippen LogP contribution >= 0.6 is 0 Å². The molecule has 0 bridgehead atoms. The zero-order valence-corrected chi connectivity index (χ0v) is 15.8. The Hall–Kier alpha value is -1.89. The van der Waals surface area contributed by atoms with Crippen LogP contribution in [0.3, 0.4) is 0 Å². The van der Waals surface area contributed by atoms with Gasteiger partial charge in [-0.3, -0.25) is 0 Å². The third-order valence-corrected chi connectivity index (χ3v) is 4.32. The first kappa shape index (κ1) is 24.1. The number of carboxylic acids is 3. The van der Waals surface area contributed by atoms with E-state index < -0.39 is 42.0 Å². The van der Waals surface area contributed by atoms with Gasteiger partial charge >= 0.3 is 11.9 Å². The topological polar surface area (TPSA) is 115 Å². The lowest BCUT2D eigenvalue weighted by molar-refractivity contribution is -0.908. The summed E-state index contributed by atoms with van der Waals surface area (Å²) in [6.07, 6.45) is 13.8. The van der Waals surface area contributed by atoms with Crippen LogP contribution in [0.4, 0.5) is 0 Å². The molecule has 7 heteroatoms. The number of carbonyl (C=O) groups is 3. The van der Waals surface area contributed by atoms with Crippen LogP contribution in [0.2, 0.25) is 0 Å². The Morgan fingerprint density at radius 1 is 0.808 bits per heavy atom. The highest BCUT2D eigenvalue weighted by Gasteiger charge is 2.32. The number of carboxylic acid groups (broad SMARTS) is 3. The van der Waals surface area contributed by atoms with Crippen molar-refractivity contribution in [2.24, 2.45) is 0 Å². The number of hydrogen-bond acceptors (Lipinski definition) is 4. The minimum atomic E-state index is -1.44. The Balaban J connectivity index is 4.31. The second-order valence-electron chi connectivity index (χ2n) is 6.87. The van der Waals surface area contributed by atoms with Gasteiger partial charge in [0.25, 0.3) is 0 Å². The van der Waals surface area contributed by atoms with Crippen molar-refractivity contribution in [1.29, 1.82) is 0 Å². The van der Waals surface area contributed by atoms with Gasteiger partial charge in [-0.25, -0.2) is 9.59 Å². The molecule has 0 atom stereocenters. The maximum absolute atomic E-state index is 11.0. The van der Waals surface area contributed by atoms with E-state index in [1.54, 1.807) is 0 Å². The molecule has 0 aromatic rings. The highest BCUT2D eigenvalue weighted by atomic mass is 16.4. The molecule has 0 aromatic heterocycles. The van der Waals surface area contributed by atoms with Crippen LogP contribution in [0.15, 0.2) is 12.2 Å². The lowest BCUT2D eigenvalue weighted by Crippen LogP contribution is -2.59. The number of nitrogens with zero attached hydrogens (tertiary/aromatic N) is 1. The number of aliphatic carboxylic acids is 3. The van der Waals surface area contributed by atoms with Crippen LogP contribution in [0.25, 0.3) is 0 Å². The number of rotatable bonds is 17. The van der Waals surface area contributed by atoms with Crippen LogP contribution in [-0.4, -0.2) is 58.8 Å². The molecule has 0 unspecified atom stereocenters. The van der Waals surface area contributed by atoms with Crippen LogP contribution in [0, 0.1) is 0 Å². The molecule has 0 aliphatic rings. The van der Waals surface area contributed by atoms with E-state index in [1.165, 1.54) is 38.5 Å². The van der Waals surface area contributed by atoms with E-state index in [1.807, 2.05) is 12.2 Å². The summed E-state index contributed by atoms with van der Waals surface area (Å²) in [5.41, 5.74) is 0. The lowest BCUT2D eigenvalue weighted by atomic mass is 10.1. The smallest absolute Gasteiger partial charge is 0.359 e. The Kier molecular flexibility index (Phi) is 13.3. The molecule has 2 N–H and O–H groups in total. The zero-order valence-electron chi connectivity index (χ0n) is 15.8. The van der Waals surface area contributed by atoms with Crippen molar-refractivity contribution >= 4 is 17.9 Å². The van der Waals surface area contributed by atoms with Crippen LogP contribution in [-0.2, 0) is 14.4 Å². The van der Waals surface area contributed by atoms with Crippen molar-refractivity contribution in [3.05, 3.63) is 12.2 Å². The summed E-state index contributed by atoms with van der Waals surface area (Å²) in [5.74, 6) is -3.89. The van der Waals surface area contributed by atoms with Crippen molar-refractivity contribution in [1.82, 2.24) is 0 Å². The van der Waals surface area contributed by atoms with Gasteiger partial charge in [0.2, 0.25) is 0 Å². The summed E-state index contributed by atoms with van der Waals surface area (Å²) in [6, 6.07) is 0. The molecule has 26 heavy (non-hydrogen) atoms. The number of quaternary nitrogens is 1. The molecule has 0 saturated carbocycles. The van der Waals surface area contributed by atoms with Crippen LogP contribution in [0.5, 0.6) is 0 Å². The van der Waals surface area contributed by atoms with E-state index in [4.69, 9.17) is 10.2 Å². The van der Waals surface area contributed by atoms with Crippen molar-refractivity contribution in [2.45, 2.75) is 64.7 Å². The highest BCUT2D eigenvalue weighted by molar-refractivity contribution is 5.72. The standard InChI is InChI=1S/C19H33NO6/c1-2-3-4-5-6-7-8-9-10-11-12-13-20(14-17(21)22,15-18(23)24)16-19(25)26/h10-11H,2-9,12-16H2,1H3,(H2-,21,22,23,24,25,26)/b11-10+. The Morgan fingerprint density at radius 3 is 1.81 bits per heavy atom. The third kappa shape index (κ3) is 13.4. The average Bonchev–Trinajstić information content (AvgIpc) is 2.50. The first-order chi connectivity index (χ1) is 12.3. The molecule has 0 aliphatic carbocycles. The summed E-state index contributed by atoms with van der Waals surface area (Å²) in [7, 11) is 0. The largest absolute Gasteiger partial charge is 0.544 e. The van der Waals surface area contributed by atoms with E-state index in [-0.39, 0.29) is 6.54 Å². The molecule has 0 radical (unpaired) electrons. The predicted molar refractivity (Wildman–Crippen MR) is 96.4 cm³/mol. The molecule has 0 amide bonds. The van der Waals surface area contributed by atoms with Gasteiger partial charge in [-0.15, -0.1) is 0 Å². The predicted octanol–water partition coefficient (Wildman–Crippen LogP) is 1.81. The van der Waals surface area contributed by atoms with E-state index >= 15 is 0 Å². The normalized spacial score (nSPS) is 11.7. The third-order valence-electron chi connectivity index (χ3n) is 4.32. The fourth-order valence-corrected chi connectivity index (χ4v) is 3.06. The SMILES string of the molecule is CCCCCCCCC/C=C/CC[N+](CC(=O)[O-])(CC(=O)O)CC(=O)O. The summed E-state index contributed by atoms with van der Waals surface area (Å²) in [5, 5.41) is 29.0. The average molecular weight is 371 g/mol. The zero-order chi connectivity index (χ0) is 19.8. The number of hydrogen-bond donors (Lipinski definition) is 2. The fraction of sp³-hybridized carbons (Fsp3) is 0.737. The van der Waals surface area contributed by atoms with Crippen LogP contribution in [0.1, 0.15) is 64.7 Å². The first-order valence-electron chi connectivity index (χ1n) is 9.45. The minimum Gasteiger partial charge on any atom is -0.544 e. The Labute approximate surface area is 155 Å². The summed E-state index contributed by atoms with van der Waals surface area (Å²) in [4.78, 5) is 33.0. The van der Waals surface area contributed by atoms with Gasteiger partial charge in [0.1, 0.15) is 6.54 Å². The van der Waals surface area contributed by atoms with Gasteiger partial charge in [-0.05, 0) is 12.8 Å². The summed E-state index contributed by atoms with van der Waals surface area (Å²) < 4.78 is -0.547. The number of allylic oxidation sites excluding steroid dienone is 1. The van der Waals surface area contributed by atoms with Crippen molar-refractivity contribution in [2.75, 3.05) is 26.2 Å². The number of carbonyl (C=O) groups excluding carboxylic acids is 1. The van der Waals surface area contributed by atoms with Gasteiger partial charge in [0.15, 0.2) is 13.1 Å². The summed E-state index contributed by atoms with van der Waals surface area (Å²) >= 11 is 0. The quantitative estimate of drug-likeness (QED) is 0.229. The van der Waals surface area contributed by atoms with Gasteiger partial charge in [0.05, 0.1) is 12.5 Å². The molecule has 0 rings (SSSR count). The number of unbranched alkanes of at least 4 members (excludes halogenated alkanes) is 7. The van der Waals surface area contributed by atoms with Crippen molar-refractivity contribution < 1.29 is 34.2 Å². The van der Waals surface area contributed by atoms with Crippen molar-refractivity contribution in [3.63, 3.8) is 0 Å². The van der Waals surface area contributed by atoms with Gasteiger partial charge < -0.3 is 24.6 Å². The Morgan fingerprint density at radius 2 is 1.31 bits per heavy atom. The molecule has 150 valence electrons. The molecule has 0 heterocycles. The fourth-order valence-electron chi connectivity index (χ4n) is 3.06. The second-order valence-corrected chi connectivity index (χ2v) is 6.87. The second kappa shape index (κ2) is 14.3. The monoisotopic (exact) mass is 371 g/mol. The van der Waals surface area contributed by atoms with Crippen molar-refractivity contribution in [3.8, 4) is 0 Å². The highest BCUT2D eigenvalue weighted by Crippen LogP contribution is 2.11. The minimum absolute atomic E-state index is 0.139. The molecule has 0 aliphatic heterocycles. The van der Waals surface area contributed by atoms with Gasteiger partial charge in [-0.2, -0.15) is 0 Å². The summed E-state index contributed by atoms with van der Waals surface area (Å²) in [6.45, 7) is 0.611. The van der Waals surface area contributed by atoms with Gasteiger partial charge in [0, 0.05) is 6.42 Å². The van der Waals surface area contributed by atoms with E-state index in [9.17, 15) is 19.5 Å². The van der Waals surface area contributed by atoms with E-state index in [2.05, 4.69) is 6.92 Å².